The summed E-state index contributed by atoms with van der Waals surface area (Å²) >= 11 is 0. The van der Waals surface area contributed by atoms with Crippen molar-refractivity contribution < 1.29 is 22.7 Å². The van der Waals surface area contributed by atoms with Crippen LogP contribution in [0.15, 0.2) is 45.7 Å². The summed E-state index contributed by atoms with van der Waals surface area (Å²) in [4.78, 5) is 10.9. The molecule has 1 aromatic carbocycles. The van der Waals surface area contributed by atoms with E-state index in [9.17, 15) is 13.2 Å². The van der Waals surface area contributed by atoms with Crippen molar-refractivity contribution in [1.82, 2.24) is 4.72 Å². The average Bonchev–Trinajstić information content (AvgIpc) is 2.85. The Bertz CT molecular complexity index is 796. The quantitative estimate of drug-likeness (QED) is 0.762. The number of nitrogens with one attached hydrogen (secondary N) is 1. The van der Waals surface area contributed by atoms with Crippen molar-refractivity contribution >= 4 is 16.0 Å². The van der Waals surface area contributed by atoms with Gasteiger partial charge < -0.3 is 9.52 Å². The Morgan fingerprint density at radius 2 is 1.92 bits per heavy atom. The Balaban J connectivity index is 2.20. The molecule has 1 atom stereocenters. The molecule has 24 heavy (non-hydrogen) atoms. The number of carbonyl (C=O) groups is 1. The molecular weight excluding hydrogens is 330 g/mol. The Morgan fingerprint density at radius 1 is 1.25 bits per heavy atom. The van der Waals surface area contributed by atoms with Crippen molar-refractivity contribution in [3.63, 3.8) is 0 Å². The Kier molecular flexibility index (Phi) is 5.80. The predicted octanol–water partition coefficient (Wildman–Crippen LogP) is 2.65. The van der Waals surface area contributed by atoms with Gasteiger partial charge in [-0.25, -0.2) is 13.1 Å². The van der Waals surface area contributed by atoms with E-state index in [1.807, 2.05) is 30.3 Å². The first-order valence-electron chi connectivity index (χ1n) is 7.63. The number of aryl methyl sites for hydroxylation is 2. The van der Waals surface area contributed by atoms with Gasteiger partial charge in [0.05, 0.1) is 0 Å². The SMILES string of the molecule is Cc1cc(S(=O)(=O)NC(CCC(=O)O)Cc2ccccc2)c(C)o1. The lowest BCUT2D eigenvalue weighted by atomic mass is 10.0. The lowest BCUT2D eigenvalue weighted by Crippen LogP contribution is -2.37. The number of carboxylic acid groups (broad SMARTS) is 1. The molecule has 6 nitrogen and oxygen atoms in total. The number of sulfonamides is 1. The van der Waals surface area contributed by atoms with E-state index >= 15 is 0 Å². The van der Waals surface area contributed by atoms with Gasteiger partial charge in [0.15, 0.2) is 0 Å². The van der Waals surface area contributed by atoms with Crippen LogP contribution in [0.2, 0.25) is 0 Å². The third kappa shape index (κ3) is 4.94. The molecule has 130 valence electrons. The second kappa shape index (κ2) is 7.63. The molecule has 0 amide bonds. The molecule has 0 saturated carbocycles. The van der Waals surface area contributed by atoms with Crippen molar-refractivity contribution in [2.45, 2.75) is 44.0 Å². The lowest BCUT2D eigenvalue weighted by Gasteiger charge is -2.18. The summed E-state index contributed by atoms with van der Waals surface area (Å²) in [7, 11) is -3.77. The van der Waals surface area contributed by atoms with Crippen LogP contribution in [0.25, 0.3) is 0 Å². The number of carboxylic acids is 1. The van der Waals surface area contributed by atoms with Gasteiger partial charge in [-0.2, -0.15) is 0 Å². The molecule has 1 unspecified atom stereocenters. The summed E-state index contributed by atoms with van der Waals surface area (Å²) in [5.74, 6) is -0.127. The van der Waals surface area contributed by atoms with Crippen LogP contribution < -0.4 is 4.72 Å². The molecular formula is C17H21NO5S. The Hall–Kier alpha value is -2.12. The number of furan rings is 1. The highest BCUT2D eigenvalue weighted by atomic mass is 32.2. The average molecular weight is 351 g/mol. The third-order valence-corrected chi connectivity index (χ3v) is 5.27. The van der Waals surface area contributed by atoms with E-state index in [2.05, 4.69) is 4.72 Å². The van der Waals surface area contributed by atoms with E-state index in [-0.39, 0.29) is 17.7 Å². The number of hydrogen-bond donors (Lipinski definition) is 2. The maximum atomic E-state index is 12.6. The number of rotatable bonds is 8. The van der Waals surface area contributed by atoms with Gasteiger partial charge in [-0.05, 0) is 38.3 Å². The molecule has 2 aromatic rings. The zero-order valence-electron chi connectivity index (χ0n) is 13.7. The monoisotopic (exact) mass is 351 g/mol. The standard InChI is InChI=1S/C17H21NO5S/c1-12-10-16(13(2)23-12)24(21,22)18-15(8-9-17(19)20)11-14-6-4-3-5-7-14/h3-7,10,15,18H,8-9,11H2,1-2H3,(H,19,20). The molecule has 0 fully saturated rings. The first-order chi connectivity index (χ1) is 11.3. The fourth-order valence-corrected chi connectivity index (χ4v) is 4.06. The van der Waals surface area contributed by atoms with Crippen LogP contribution in [0.1, 0.15) is 29.9 Å². The van der Waals surface area contributed by atoms with Gasteiger partial charge in [0, 0.05) is 12.5 Å². The molecule has 0 saturated heterocycles. The fourth-order valence-electron chi connectivity index (χ4n) is 2.56. The molecule has 1 aromatic heterocycles. The van der Waals surface area contributed by atoms with Crippen LogP contribution in [0.5, 0.6) is 0 Å². The molecule has 0 spiro atoms. The molecule has 2 N–H and O–H groups in total. The molecule has 0 aliphatic carbocycles. The van der Waals surface area contributed by atoms with Gasteiger partial charge in [0.1, 0.15) is 16.4 Å². The summed E-state index contributed by atoms with van der Waals surface area (Å²) in [6.07, 6.45) is 0.520. The van der Waals surface area contributed by atoms with Crippen LogP contribution in [0.3, 0.4) is 0 Å². The lowest BCUT2D eigenvalue weighted by molar-refractivity contribution is -0.137. The highest BCUT2D eigenvalue weighted by Gasteiger charge is 2.25. The van der Waals surface area contributed by atoms with Crippen molar-refractivity contribution in [3.8, 4) is 0 Å². The molecule has 0 aliphatic heterocycles. The van der Waals surface area contributed by atoms with Crippen LogP contribution >= 0.6 is 0 Å². The first kappa shape index (κ1) is 18.2. The topological polar surface area (TPSA) is 96.6 Å². The number of hydrogen-bond acceptors (Lipinski definition) is 4. The maximum Gasteiger partial charge on any atom is 0.303 e. The van der Waals surface area contributed by atoms with Crippen LogP contribution in [-0.4, -0.2) is 25.5 Å². The van der Waals surface area contributed by atoms with Gasteiger partial charge in [-0.15, -0.1) is 0 Å². The van der Waals surface area contributed by atoms with E-state index < -0.39 is 22.0 Å². The van der Waals surface area contributed by atoms with E-state index in [1.54, 1.807) is 13.8 Å². The Morgan fingerprint density at radius 3 is 2.46 bits per heavy atom. The smallest absolute Gasteiger partial charge is 0.303 e. The van der Waals surface area contributed by atoms with Gasteiger partial charge >= 0.3 is 5.97 Å². The fraction of sp³-hybridized carbons (Fsp3) is 0.353. The zero-order chi connectivity index (χ0) is 17.7. The predicted molar refractivity (Wildman–Crippen MR) is 89.3 cm³/mol. The second-order valence-electron chi connectivity index (χ2n) is 5.72. The Labute approximate surface area is 141 Å². The van der Waals surface area contributed by atoms with E-state index in [4.69, 9.17) is 9.52 Å². The van der Waals surface area contributed by atoms with Crippen LogP contribution in [-0.2, 0) is 21.2 Å². The van der Waals surface area contributed by atoms with Crippen molar-refractivity contribution in [2.75, 3.05) is 0 Å². The first-order valence-corrected chi connectivity index (χ1v) is 9.11. The van der Waals surface area contributed by atoms with Crippen molar-refractivity contribution in [1.29, 1.82) is 0 Å². The van der Waals surface area contributed by atoms with E-state index in [1.165, 1.54) is 6.07 Å². The summed E-state index contributed by atoms with van der Waals surface area (Å²) in [6.45, 7) is 3.27. The third-order valence-electron chi connectivity index (χ3n) is 3.64. The molecule has 0 radical (unpaired) electrons. The zero-order valence-corrected chi connectivity index (χ0v) is 14.5. The molecule has 1 heterocycles. The minimum atomic E-state index is -3.77. The number of aliphatic carboxylic acids is 1. The highest BCUT2D eigenvalue weighted by Crippen LogP contribution is 2.20. The van der Waals surface area contributed by atoms with Crippen LogP contribution in [0, 0.1) is 13.8 Å². The van der Waals surface area contributed by atoms with Gasteiger partial charge in [0.25, 0.3) is 0 Å². The highest BCUT2D eigenvalue weighted by molar-refractivity contribution is 7.89. The summed E-state index contributed by atoms with van der Waals surface area (Å²) in [6, 6.07) is 10.3. The molecule has 0 bridgehead atoms. The number of benzene rings is 1. The van der Waals surface area contributed by atoms with Gasteiger partial charge in [-0.3, -0.25) is 4.79 Å². The van der Waals surface area contributed by atoms with Crippen molar-refractivity contribution in [2.24, 2.45) is 0 Å². The molecule has 0 aliphatic rings. The normalized spacial score (nSPS) is 12.9. The maximum absolute atomic E-state index is 12.6. The molecule has 7 heteroatoms. The summed E-state index contributed by atoms with van der Waals surface area (Å²) in [5.41, 5.74) is 0.940. The minimum absolute atomic E-state index is 0.0911. The second-order valence-corrected chi connectivity index (χ2v) is 7.40. The minimum Gasteiger partial charge on any atom is -0.481 e. The molecule has 2 rings (SSSR count). The van der Waals surface area contributed by atoms with Crippen LogP contribution in [0.4, 0.5) is 0 Å². The summed E-state index contributed by atoms with van der Waals surface area (Å²) in [5, 5.41) is 8.90. The summed E-state index contributed by atoms with van der Waals surface area (Å²) < 4.78 is 33.1. The van der Waals surface area contributed by atoms with E-state index in [0.717, 1.165) is 5.56 Å². The van der Waals surface area contributed by atoms with Gasteiger partial charge in [0.2, 0.25) is 10.0 Å². The van der Waals surface area contributed by atoms with Crippen molar-refractivity contribution in [3.05, 3.63) is 53.5 Å². The largest absolute Gasteiger partial charge is 0.481 e. The van der Waals surface area contributed by atoms with E-state index in [0.29, 0.717) is 17.9 Å². The van der Waals surface area contributed by atoms with Gasteiger partial charge in [-0.1, -0.05) is 30.3 Å².